The van der Waals surface area contributed by atoms with Gasteiger partial charge in [0.05, 0.1) is 7.11 Å². The van der Waals surface area contributed by atoms with Crippen LogP contribution in [0.15, 0.2) is 16.7 Å². The molecule has 0 amide bonds. The van der Waals surface area contributed by atoms with E-state index >= 15 is 0 Å². The van der Waals surface area contributed by atoms with Gasteiger partial charge in [-0.2, -0.15) is 0 Å². The van der Waals surface area contributed by atoms with Crippen molar-refractivity contribution in [1.29, 1.82) is 0 Å². The van der Waals surface area contributed by atoms with Crippen molar-refractivity contribution in [3.8, 4) is 5.88 Å². The van der Waals surface area contributed by atoms with E-state index in [2.05, 4.69) is 30.7 Å². The second kappa shape index (κ2) is 6.41. The molecular formula is C15H22BrN3O. The second-order valence-corrected chi connectivity index (χ2v) is 6.56. The Balaban J connectivity index is 1.74. The molecule has 0 aliphatic carbocycles. The molecule has 2 fully saturated rings. The molecule has 0 saturated carbocycles. The highest BCUT2D eigenvalue weighted by Gasteiger charge is 2.29. The Hall–Kier alpha value is -0.650. The number of methoxy groups -OCH3 is 1. The molecule has 0 radical (unpaired) electrons. The zero-order valence-electron chi connectivity index (χ0n) is 12.0. The zero-order chi connectivity index (χ0) is 13.9. The Labute approximate surface area is 129 Å². The fourth-order valence-electron chi connectivity index (χ4n) is 3.42. The van der Waals surface area contributed by atoms with Gasteiger partial charge in [0.2, 0.25) is 5.88 Å². The van der Waals surface area contributed by atoms with E-state index in [1.807, 2.05) is 6.07 Å². The summed E-state index contributed by atoms with van der Waals surface area (Å²) in [6.07, 6.45) is 5.75. The fourth-order valence-corrected chi connectivity index (χ4v) is 3.83. The summed E-state index contributed by atoms with van der Waals surface area (Å²) >= 11 is 3.63. The van der Waals surface area contributed by atoms with Gasteiger partial charge in [0.1, 0.15) is 0 Å². The number of fused-ring (bicyclic) bond motifs is 1. The number of aromatic nitrogens is 1. The van der Waals surface area contributed by atoms with Gasteiger partial charge in [-0.05, 0) is 45.0 Å². The van der Waals surface area contributed by atoms with Crippen LogP contribution in [0, 0.1) is 0 Å². The molecule has 0 N–H and O–H groups in total. The predicted octanol–water partition coefficient (Wildman–Crippen LogP) is 2.52. The smallest absolute Gasteiger partial charge is 0.218 e. The van der Waals surface area contributed by atoms with Crippen LogP contribution in [0.5, 0.6) is 5.88 Å². The Bertz CT molecular complexity index is 468. The van der Waals surface area contributed by atoms with Crippen LogP contribution in [0.3, 0.4) is 0 Å². The maximum atomic E-state index is 5.41. The van der Waals surface area contributed by atoms with Gasteiger partial charge in [0.15, 0.2) is 0 Å². The highest BCUT2D eigenvalue weighted by molar-refractivity contribution is 9.10. The van der Waals surface area contributed by atoms with Gasteiger partial charge in [0.25, 0.3) is 0 Å². The topological polar surface area (TPSA) is 28.6 Å². The van der Waals surface area contributed by atoms with E-state index in [0.717, 1.165) is 29.5 Å². The summed E-state index contributed by atoms with van der Waals surface area (Å²) in [5.74, 6) is 0.742. The Kier molecular flexibility index (Phi) is 4.58. The first-order chi connectivity index (χ1) is 9.78. The average molecular weight is 340 g/mol. The molecule has 3 heterocycles. The van der Waals surface area contributed by atoms with Crippen molar-refractivity contribution >= 4 is 15.9 Å². The summed E-state index contributed by atoms with van der Waals surface area (Å²) in [7, 11) is 1.69. The minimum Gasteiger partial charge on any atom is -0.481 e. The molecule has 110 valence electrons. The molecule has 0 spiro atoms. The summed E-state index contributed by atoms with van der Waals surface area (Å²) in [5, 5.41) is 0. The van der Waals surface area contributed by atoms with Gasteiger partial charge in [-0.25, -0.2) is 4.98 Å². The molecule has 0 bridgehead atoms. The summed E-state index contributed by atoms with van der Waals surface area (Å²) in [6, 6.07) is 2.75. The first-order valence-corrected chi connectivity index (χ1v) is 8.21. The van der Waals surface area contributed by atoms with Crippen LogP contribution in [-0.2, 0) is 6.54 Å². The van der Waals surface area contributed by atoms with E-state index in [-0.39, 0.29) is 0 Å². The van der Waals surface area contributed by atoms with E-state index in [1.54, 1.807) is 13.3 Å². The van der Waals surface area contributed by atoms with Gasteiger partial charge in [-0.3, -0.25) is 9.80 Å². The highest BCUT2D eigenvalue weighted by Crippen LogP contribution is 2.28. The molecule has 20 heavy (non-hydrogen) atoms. The van der Waals surface area contributed by atoms with Crippen LogP contribution in [0.25, 0.3) is 0 Å². The van der Waals surface area contributed by atoms with Crippen molar-refractivity contribution in [3.05, 3.63) is 22.3 Å². The normalized spacial score (nSPS) is 24.4. The Morgan fingerprint density at radius 2 is 2.20 bits per heavy atom. The summed E-state index contributed by atoms with van der Waals surface area (Å²) in [6.45, 7) is 5.80. The summed E-state index contributed by atoms with van der Waals surface area (Å²) < 4.78 is 6.50. The first-order valence-electron chi connectivity index (χ1n) is 7.41. The van der Waals surface area contributed by atoms with Crippen LogP contribution in [-0.4, -0.2) is 54.1 Å². The predicted molar refractivity (Wildman–Crippen MR) is 83.0 cm³/mol. The average Bonchev–Trinajstić information content (AvgIpc) is 2.80. The highest BCUT2D eigenvalue weighted by atomic mass is 79.9. The lowest BCUT2D eigenvalue weighted by molar-refractivity contribution is 0.213. The quantitative estimate of drug-likeness (QED) is 0.846. The molecule has 1 aromatic rings. The van der Waals surface area contributed by atoms with Crippen molar-refractivity contribution in [3.63, 3.8) is 0 Å². The van der Waals surface area contributed by atoms with Gasteiger partial charge >= 0.3 is 0 Å². The third-order valence-electron chi connectivity index (χ3n) is 4.42. The van der Waals surface area contributed by atoms with E-state index < -0.39 is 0 Å². The molecular weight excluding hydrogens is 318 g/mol. The molecule has 1 atom stereocenters. The molecule has 4 nitrogen and oxygen atoms in total. The lowest BCUT2D eigenvalue weighted by atomic mass is 10.2. The fraction of sp³-hybridized carbons (Fsp3) is 0.667. The number of pyridine rings is 1. The number of hydrogen-bond acceptors (Lipinski definition) is 4. The molecule has 2 aliphatic heterocycles. The maximum Gasteiger partial charge on any atom is 0.218 e. The second-order valence-electron chi connectivity index (χ2n) is 5.70. The standard InChI is InChI=1S/C15H22BrN3O/c1-20-15-13(14(16)5-6-17-15)11-18-7-3-9-19-8-2-4-12(19)10-18/h5-6,12H,2-4,7-11H2,1H3. The summed E-state index contributed by atoms with van der Waals surface area (Å²) in [5.41, 5.74) is 1.17. The monoisotopic (exact) mass is 339 g/mol. The lowest BCUT2D eigenvalue weighted by Crippen LogP contribution is -2.36. The SMILES string of the molecule is COc1nccc(Br)c1CN1CCCN2CCCC2C1. The molecule has 2 aliphatic rings. The van der Waals surface area contributed by atoms with Gasteiger partial charge < -0.3 is 4.74 Å². The van der Waals surface area contributed by atoms with Crippen LogP contribution >= 0.6 is 15.9 Å². The molecule has 3 rings (SSSR count). The number of hydrogen-bond donors (Lipinski definition) is 0. The lowest BCUT2D eigenvalue weighted by Gasteiger charge is -2.26. The zero-order valence-corrected chi connectivity index (χ0v) is 13.6. The summed E-state index contributed by atoms with van der Waals surface area (Å²) in [4.78, 5) is 9.54. The number of halogens is 1. The minimum atomic E-state index is 0.742. The third-order valence-corrected chi connectivity index (χ3v) is 5.16. The Morgan fingerprint density at radius 3 is 3.05 bits per heavy atom. The van der Waals surface area contributed by atoms with Crippen molar-refractivity contribution in [2.75, 3.05) is 33.3 Å². The third kappa shape index (κ3) is 3.00. The van der Waals surface area contributed by atoms with Gasteiger partial charge in [-0.1, -0.05) is 15.9 Å². The maximum absolute atomic E-state index is 5.41. The first kappa shape index (κ1) is 14.3. The molecule has 2 saturated heterocycles. The molecule has 1 aromatic heterocycles. The van der Waals surface area contributed by atoms with Crippen molar-refractivity contribution in [2.24, 2.45) is 0 Å². The van der Waals surface area contributed by atoms with E-state index in [0.29, 0.717) is 0 Å². The van der Waals surface area contributed by atoms with Crippen molar-refractivity contribution in [1.82, 2.24) is 14.8 Å². The van der Waals surface area contributed by atoms with E-state index in [4.69, 9.17) is 4.74 Å². The van der Waals surface area contributed by atoms with Crippen LogP contribution in [0.1, 0.15) is 24.8 Å². The van der Waals surface area contributed by atoms with Gasteiger partial charge in [-0.15, -0.1) is 0 Å². The van der Waals surface area contributed by atoms with E-state index in [1.165, 1.54) is 44.5 Å². The van der Waals surface area contributed by atoms with Crippen LogP contribution in [0.4, 0.5) is 0 Å². The molecule has 1 unspecified atom stereocenters. The largest absolute Gasteiger partial charge is 0.481 e. The number of ether oxygens (including phenoxy) is 1. The Morgan fingerprint density at radius 1 is 1.35 bits per heavy atom. The van der Waals surface area contributed by atoms with Gasteiger partial charge in [0, 0.05) is 35.4 Å². The van der Waals surface area contributed by atoms with Crippen molar-refractivity contribution < 1.29 is 4.74 Å². The van der Waals surface area contributed by atoms with Crippen LogP contribution < -0.4 is 4.74 Å². The van der Waals surface area contributed by atoms with Crippen molar-refractivity contribution in [2.45, 2.75) is 31.8 Å². The van der Waals surface area contributed by atoms with E-state index in [9.17, 15) is 0 Å². The molecule has 5 heteroatoms. The number of rotatable bonds is 3. The number of nitrogens with zero attached hydrogens (tertiary/aromatic N) is 3. The minimum absolute atomic E-state index is 0.742. The van der Waals surface area contributed by atoms with Crippen LogP contribution in [0.2, 0.25) is 0 Å². The molecule has 0 aromatic carbocycles.